The van der Waals surface area contributed by atoms with E-state index < -0.39 is 11.8 Å². The summed E-state index contributed by atoms with van der Waals surface area (Å²) in [4.78, 5) is 20.9. The molecule has 0 aliphatic carbocycles. The molecule has 0 aliphatic heterocycles. The first kappa shape index (κ1) is 8.73. The van der Waals surface area contributed by atoms with Gasteiger partial charge in [0, 0.05) is 6.54 Å². The summed E-state index contributed by atoms with van der Waals surface area (Å²) in [5.74, 6) is -1.70. The molecule has 12 heavy (non-hydrogen) atoms. The van der Waals surface area contributed by atoms with Crippen molar-refractivity contribution >= 4 is 23.2 Å². The van der Waals surface area contributed by atoms with Gasteiger partial charge in [0.25, 0.3) is 0 Å². The van der Waals surface area contributed by atoms with E-state index in [1.54, 1.807) is 0 Å². The molecular weight excluding hydrogens is 176 g/mol. The van der Waals surface area contributed by atoms with Crippen LogP contribution in [0.4, 0.5) is 0 Å². The van der Waals surface area contributed by atoms with Crippen molar-refractivity contribution in [1.29, 1.82) is 0 Å². The lowest BCUT2D eigenvalue weighted by atomic mass is 10.3. The fourth-order valence-electron chi connectivity index (χ4n) is 0.663. The Hall–Kier alpha value is -1.36. The molecule has 1 rings (SSSR count). The maximum atomic E-state index is 10.7. The second kappa shape index (κ2) is 3.87. The number of carbonyl (C=O) groups is 2. The SMILES string of the molecule is NC(=O)C(=O)NCc1ccsc1. The van der Waals surface area contributed by atoms with Gasteiger partial charge in [0.15, 0.2) is 0 Å². The van der Waals surface area contributed by atoms with Crippen LogP contribution in [0, 0.1) is 0 Å². The van der Waals surface area contributed by atoms with Crippen molar-refractivity contribution in [3.63, 3.8) is 0 Å². The minimum atomic E-state index is -0.953. The van der Waals surface area contributed by atoms with E-state index in [1.165, 1.54) is 11.3 Å². The van der Waals surface area contributed by atoms with Crippen LogP contribution in [0.1, 0.15) is 5.56 Å². The van der Waals surface area contributed by atoms with Crippen LogP contribution in [0.5, 0.6) is 0 Å². The zero-order valence-electron chi connectivity index (χ0n) is 6.24. The molecule has 0 bridgehead atoms. The van der Waals surface area contributed by atoms with Gasteiger partial charge in [0.2, 0.25) is 0 Å². The number of nitrogens with two attached hydrogens (primary N) is 1. The summed E-state index contributed by atoms with van der Waals surface area (Å²) in [6.45, 7) is 0.352. The van der Waals surface area contributed by atoms with Gasteiger partial charge in [0.1, 0.15) is 0 Å². The number of hydrogen-bond acceptors (Lipinski definition) is 3. The minimum Gasteiger partial charge on any atom is -0.361 e. The number of nitrogens with one attached hydrogen (secondary N) is 1. The highest BCUT2D eigenvalue weighted by Gasteiger charge is 2.06. The molecule has 0 fully saturated rings. The number of amides is 2. The highest BCUT2D eigenvalue weighted by atomic mass is 32.1. The molecule has 0 unspecified atom stereocenters. The zero-order valence-corrected chi connectivity index (χ0v) is 7.06. The Bertz CT molecular complexity index is 282. The molecule has 0 atom stereocenters. The minimum absolute atomic E-state index is 0.352. The lowest BCUT2D eigenvalue weighted by Crippen LogP contribution is -2.35. The lowest BCUT2D eigenvalue weighted by Gasteiger charge is -1.98. The van der Waals surface area contributed by atoms with E-state index in [0.717, 1.165) is 5.56 Å². The summed E-state index contributed by atoms with van der Waals surface area (Å²) >= 11 is 1.53. The molecule has 0 aromatic carbocycles. The van der Waals surface area contributed by atoms with Gasteiger partial charge < -0.3 is 11.1 Å². The van der Waals surface area contributed by atoms with Crippen LogP contribution < -0.4 is 11.1 Å². The standard InChI is InChI=1S/C7H8N2O2S/c8-6(10)7(11)9-3-5-1-2-12-4-5/h1-2,4H,3H2,(H2,8,10)(H,9,11). The quantitative estimate of drug-likeness (QED) is 0.627. The van der Waals surface area contributed by atoms with Crippen molar-refractivity contribution in [1.82, 2.24) is 5.32 Å². The van der Waals surface area contributed by atoms with E-state index in [1.807, 2.05) is 16.8 Å². The maximum Gasteiger partial charge on any atom is 0.309 e. The highest BCUT2D eigenvalue weighted by Crippen LogP contribution is 2.04. The Morgan fingerprint density at radius 2 is 2.33 bits per heavy atom. The summed E-state index contributed by atoms with van der Waals surface area (Å²) in [7, 11) is 0. The molecule has 2 amide bonds. The largest absolute Gasteiger partial charge is 0.361 e. The van der Waals surface area contributed by atoms with Crippen LogP contribution >= 0.6 is 11.3 Å². The van der Waals surface area contributed by atoms with E-state index in [0.29, 0.717) is 6.54 Å². The van der Waals surface area contributed by atoms with E-state index in [2.05, 4.69) is 5.32 Å². The fraction of sp³-hybridized carbons (Fsp3) is 0.143. The summed E-state index contributed by atoms with van der Waals surface area (Å²) in [5, 5.41) is 6.16. The summed E-state index contributed by atoms with van der Waals surface area (Å²) in [6, 6.07) is 1.87. The highest BCUT2D eigenvalue weighted by molar-refractivity contribution is 7.07. The third-order valence-electron chi connectivity index (χ3n) is 1.26. The second-order valence-corrected chi connectivity index (χ2v) is 2.96. The number of carbonyl (C=O) groups excluding carboxylic acids is 2. The molecule has 0 saturated heterocycles. The predicted octanol–water partition coefficient (Wildman–Crippen LogP) is -0.150. The van der Waals surface area contributed by atoms with Crippen LogP contribution in [0.2, 0.25) is 0 Å². The lowest BCUT2D eigenvalue weighted by molar-refractivity contribution is -0.137. The Morgan fingerprint density at radius 1 is 1.58 bits per heavy atom. The van der Waals surface area contributed by atoms with Crippen molar-refractivity contribution in [2.45, 2.75) is 6.54 Å². The van der Waals surface area contributed by atoms with Crippen molar-refractivity contribution in [2.24, 2.45) is 5.73 Å². The Balaban J connectivity index is 2.37. The van der Waals surface area contributed by atoms with Gasteiger partial charge in [-0.25, -0.2) is 0 Å². The van der Waals surface area contributed by atoms with Gasteiger partial charge in [-0.1, -0.05) is 0 Å². The first-order valence-corrected chi connectivity index (χ1v) is 4.23. The fourth-order valence-corrected chi connectivity index (χ4v) is 1.33. The molecule has 0 aliphatic rings. The third kappa shape index (κ3) is 2.35. The van der Waals surface area contributed by atoms with Crippen LogP contribution in [0.25, 0.3) is 0 Å². The number of primary amides is 1. The van der Waals surface area contributed by atoms with Crippen LogP contribution in [0.15, 0.2) is 16.8 Å². The number of rotatable bonds is 2. The molecule has 1 aromatic heterocycles. The number of hydrogen-bond donors (Lipinski definition) is 2. The van der Waals surface area contributed by atoms with Gasteiger partial charge in [0.05, 0.1) is 0 Å². The van der Waals surface area contributed by atoms with Gasteiger partial charge >= 0.3 is 11.8 Å². The van der Waals surface area contributed by atoms with Crippen molar-refractivity contribution in [2.75, 3.05) is 0 Å². The molecule has 64 valence electrons. The van der Waals surface area contributed by atoms with Gasteiger partial charge in [-0.15, -0.1) is 0 Å². The number of thiophene rings is 1. The normalized spacial score (nSPS) is 9.33. The van der Waals surface area contributed by atoms with E-state index in [9.17, 15) is 9.59 Å². The van der Waals surface area contributed by atoms with Crippen molar-refractivity contribution in [3.8, 4) is 0 Å². The van der Waals surface area contributed by atoms with Gasteiger partial charge in [-0.05, 0) is 22.4 Å². The predicted molar refractivity (Wildman–Crippen MR) is 45.4 cm³/mol. The molecule has 0 radical (unpaired) electrons. The van der Waals surface area contributed by atoms with Crippen LogP contribution in [-0.4, -0.2) is 11.8 Å². The van der Waals surface area contributed by atoms with E-state index in [4.69, 9.17) is 5.73 Å². The average Bonchev–Trinajstić information content (AvgIpc) is 2.51. The smallest absolute Gasteiger partial charge is 0.309 e. The first-order valence-electron chi connectivity index (χ1n) is 3.29. The van der Waals surface area contributed by atoms with Gasteiger partial charge in [-0.2, -0.15) is 11.3 Å². The van der Waals surface area contributed by atoms with Crippen molar-refractivity contribution < 1.29 is 9.59 Å². The second-order valence-electron chi connectivity index (χ2n) is 2.18. The molecular formula is C7H8N2O2S. The summed E-state index contributed by atoms with van der Waals surface area (Å²) in [5.41, 5.74) is 5.69. The molecule has 1 heterocycles. The average molecular weight is 184 g/mol. The Labute approximate surface area is 73.4 Å². The van der Waals surface area contributed by atoms with Crippen molar-refractivity contribution in [3.05, 3.63) is 22.4 Å². The van der Waals surface area contributed by atoms with E-state index >= 15 is 0 Å². The van der Waals surface area contributed by atoms with Gasteiger partial charge in [-0.3, -0.25) is 9.59 Å². The Morgan fingerprint density at radius 3 is 2.83 bits per heavy atom. The summed E-state index contributed by atoms with van der Waals surface area (Å²) in [6.07, 6.45) is 0. The third-order valence-corrected chi connectivity index (χ3v) is 1.99. The Kier molecular flexibility index (Phi) is 2.82. The zero-order chi connectivity index (χ0) is 8.97. The van der Waals surface area contributed by atoms with E-state index in [-0.39, 0.29) is 0 Å². The first-order chi connectivity index (χ1) is 5.70. The molecule has 0 saturated carbocycles. The monoisotopic (exact) mass is 184 g/mol. The summed E-state index contributed by atoms with van der Waals surface area (Å²) < 4.78 is 0. The van der Waals surface area contributed by atoms with Crippen LogP contribution in [0.3, 0.4) is 0 Å². The topological polar surface area (TPSA) is 72.2 Å². The molecule has 1 aromatic rings. The molecule has 4 nitrogen and oxygen atoms in total. The molecule has 0 spiro atoms. The molecule has 3 N–H and O–H groups in total. The van der Waals surface area contributed by atoms with Crippen LogP contribution in [-0.2, 0) is 16.1 Å². The molecule has 5 heteroatoms. The maximum absolute atomic E-state index is 10.7.